The van der Waals surface area contributed by atoms with Crippen LogP contribution in [0.2, 0.25) is 0 Å². The largest absolute Gasteiger partial charge is 0.493 e. The topological polar surface area (TPSA) is 134 Å². The van der Waals surface area contributed by atoms with Crippen LogP contribution in [0.5, 0.6) is 11.5 Å². The van der Waals surface area contributed by atoms with Crippen LogP contribution in [-0.4, -0.2) is 37.8 Å². The molecule has 0 aliphatic carbocycles. The Hall–Kier alpha value is -3.25. The molecule has 10 nitrogen and oxygen atoms in total. The van der Waals surface area contributed by atoms with Gasteiger partial charge in [-0.15, -0.1) is 10.2 Å². The molecule has 1 N–H and O–H groups in total. The van der Waals surface area contributed by atoms with E-state index in [0.717, 1.165) is 41.2 Å². The van der Waals surface area contributed by atoms with Crippen molar-refractivity contribution in [3.63, 3.8) is 0 Å². The molecule has 0 atom stereocenters. The fourth-order valence-corrected chi connectivity index (χ4v) is 4.46. The van der Waals surface area contributed by atoms with Crippen molar-refractivity contribution >= 4 is 32.2 Å². The summed E-state index contributed by atoms with van der Waals surface area (Å²) in [6.07, 6.45) is 0.428. The number of nitrogens with zero attached hydrogens (tertiary/aromatic N) is 3. The average Bonchev–Trinajstić information content (AvgIpc) is 3.13. The Bertz CT molecular complexity index is 1130. The highest BCUT2D eigenvalue weighted by Crippen LogP contribution is 2.29. The number of ether oxygens (including phenoxy) is 2. The summed E-state index contributed by atoms with van der Waals surface area (Å²) in [5.41, 5.74) is 0.695. The van der Waals surface area contributed by atoms with Gasteiger partial charge in [0.1, 0.15) is 5.01 Å². The monoisotopic (exact) mass is 436 g/mol. The van der Waals surface area contributed by atoms with Crippen molar-refractivity contribution < 1.29 is 22.8 Å². The van der Waals surface area contributed by atoms with Crippen LogP contribution in [0, 0.1) is 10.1 Å². The number of anilines is 1. The van der Waals surface area contributed by atoms with Gasteiger partial charge in [0, 0.05) is 18.6 Å². The number of hydrogen-bond donors (Lipinski definition) is 1. The van der Waals surface area contributed by atoms with Gasteiger partial charge in [-0.3, -0.25) is 14.8 Å². The predicted molar refractivity (Wildman–Crippen MR) is 106 cm³/mol. The third-order valence-electron chi connectivity index (χ3n) is 3.85. The average molecular weight is 436 g/mol. The van der Waals surface area contributed by atoms with E-state index in [0.29, 0.717) is 22.9 Å². The van der Waals surface area contributed by atoms with Crippen LogP contribution in [0.4, 0.5) is 10.8 Å². The summed E-state index contributed by atoms with van der Waals surface area (Å²) in [4.78, 5) is 9.98. The molecule has 0 saturated heterocycles. The molecule has 12 heteroatoms. The summed E-state index contributed by atoms with van der Waals surface area (Å²) in [5, 5.41) is 19.2. The second-order valence-corrected chi connectivity index (χ2v) is 8.47. The second-order valence-electron chi connectivity index (χ2n) is 5.72. The Kier molecular flexibility index (Phi) is 5.94. The maximum atomic E-state index is 12.4. The number of nitro benzene ring substituents is 1. The number of nitrogens with one attached hydrogen (secondary N) is 1. The van der Waals surface area contributed by atoms with Gasteiger partial charge in [-0.2, -0.15) is 0 Å². The van der Waals surface area contributed by atoms with Gasteiger partial charge in [0.25, 0.3) is 15.7 Å². The smallest absolute Gasteiger partial charge is 0.269 e. The molecule has 0 radical (unpaired) electrons. The number of nitro groups is 1. The van der Waals surface area contributed by atoms with Crippen LogP contribution in [0.15, 0.2) is 47.4 Å². The Morgan fingerprint density at radius 1 is 1.07 bits per heavy atom. The van der Waals surface area contributed by atoms with Crippen LogP contribution >= 0.6 is 11.3 Å². The third kappa shape index (κ3) is 4.78. The number of rotatable bonds is 8. The van der Waals surface area contributed by atoms with Gasteiger partial charge in [-0.1, -0.05) is 17.4 Å². The van der Waals surface area contributed by atoms with E-state index in [-0.39, 0.29) is 15.7 Å². The molecule has 29 heavy (non-hydrogen) atoms. The first-order valence-electron chi connectivity index (χ1n) is 8.13. The standard InChI is InChI=1S/C17H16N4O6S2/c1-26-14-8-3-11(9-15(14)27-2)10-16-18-19-17(28-16)20-29(24,25)13-6-4-12(5-7-13)21(22)23/h3-9H,10H2,1-2H3,(H,19,20). The lowest BCUT2D eigenvalue weighted by Gasteiger charge is -2.08. The van der Waals surface area contributed by atoms with E-state index in [1.807, 2.05) is 6.07 Å². The Labute approximate surface area is 170 Å². The molecule has 0 unspecified atom stereocenters. The zero-order chi connectivity index (χ0) is 21.0. The van der Waals surface area contributed by atoms with Crippen molar-refractivity contribution in [3.8, 4) is 11.5 Å². The van der Waals surface area contributed by atoms with Crippen molar-refractivity contribution in [1.29, 1.82) is 0 Å². The van der Waals surface area contributed by atoms with Crippen LogP contribution in [0.3, 0.4) is 0 Å². The zero-order valence-corrected chi connectivity index (χ0v) is 17.0. The molecule has 0 spiro atoms. The number of sulfonamides is 1. The minimum Gasteiger partial charge on any atom is -0.493 e. The maximum Gasteiger partial charge on any atom is 0.269 e. The van der Waals surface area contributed by atoms with Crippen LogP contribution in [0.25, 0.3) is 0 Å². The Morgan fingerprint density at radius 3 is 2.38 bits per heavy atom. The van der Waals surface area contributed by atoms with Gasteiger partial charge < -0.3 is 9.47 Å². The summed E-state index contributed by atoms with van der Waals surface area (Å²) >= 11 is 1.09. The molecule has 3 rings (SSSR count). The van der Waals surface area contributed by atoms with E-state index in [2.05, 4.69) is 14.9 Å². The van der Waals surface area contributed by atoms with Crippen molar-refractivity contribution in [2.45, 2.75) is 11.3 Å². The predicted octanol–water partition coefficient (Wildman–Crippen LogP) is 2.86. The van der Waals surface area contributed by atoms with E-state index in [4.69, 9.17) is 9.47 Å². The quantitative estimate of drug-likeness (QED) is 0.421. The molecule has 0 aliphatic heterocycles. The molecular weight excluding hydrogens is 420 g/mol. The molecule has 0 fully saturated rings. The van der Waals surface area contributed by atoms with Crippen LogP contribution in [0.1, 0.15) is 10.6 Å². The first-order chi connectivity index (χ1) is 13.8. The van der Waals surface area contributed by atoms with Crippen LogP contribution < -0.4 is 14.2 Å². The molecule has 1 aromatic heterocycles. The Balaban J connectivity index is 1.73. The fraction of sp³-hybridized carbons (Fsp3) is 0.176. The van der Waals surface area contributed by atoms with E-state index in [9.17, 15) is 18.5 Å². The highest BCUT2D eigenvalue weighted by Gasteiger charge is 2.18. The van der Waals surface area contributed by atoms with E-state index >= 15 is 0 Å². The summed E-state index contributed by atoms with van der Waals surface area (Å²) in [6.45, 7) is 0. The molecule has 0 amide bonds. The highest BCUT2D eigenvalue weighted by atomic mass is 32.2. The summed E-state index contributed by atoms with van der Waals surface area (Å²) in [6, 6.07) is 9.99. The van der Waals surface area contributed by atoms with Gasteiger partial charge in [0.05, 0.1) is 24.0 Å². The van der Waals surface area contributed by atoms with E-state index < -0.39 is 14.9 Å². The minimum atomic E-state index is -3.94. The molecule has 3 aromatic rings. The van der Waals surface area contributed by atoms with Gasteiger partial charge in [-0.25, -0.2) is 8.42 Å². The number of aromatic nitrogens is 2. The molecule has 2 aromatic carbocycles. The lowest BCUT2D eigenvalue weighted by molar-refractivity contribution is -0.384. The molecule has 0 bridgehead atoms. The lowest BCUT2D eigenvalue weighted by Crippen LogP contribution is -2.12. The number of methoxy groups -OCH3 is 2. The normalized spacial score (nSPS) is 11.1. The first-order valence-corrected chi connectivity index (χ1v) is 10.4. The van der Waals surface area contributed by atoms with Gasteiger partial charge in [0.2, 0.25) is 5.13 Å². The van der Waals surface area contributed by atoms with Crippen molar-refractivity contribution in [2.24, 2.45) is 0 Å². The van der Waals surface area contributed by atoms with Gasteiger partial charge >= 0.3 is 0 Å². The third-order valence-corrected chi connectivity index (χ3v) is 6.17. The lowest BCUT2D eigenvalue weighted by atomic mass is 10.1. The number of hydrogen-bond acceptors (Lipinski definition) is 9. The SMILES string of the molecule is COc1ccc(Cc2nnc(NS(=O)(=O)c3ccc([N+](=O)[O-])cc3)s2)cc1OC. The summed E-state index contributed by atoms with van der Waals surface area (Å²) in [7, 11) is -0.850. The highest BCUT2D eigenvalue weighted by molar-refractivity contribution is 7.93. The fourth-order valence-electron chi connectivity index (χ4n) is 2.45. The minimum absolute atomic E-state index is 0.0961. The molecule has 152 valence electrons. The zero-order valence-electron chi connectivity index (χ0n) is 15.4. The number of non-ortho nitro benzene ring substituents is 1. The van der Waals surface area contributed by atoms with E-state index in [1.165, 1.54) is 7.11 Å². The molecule has 0 aliphatic rings. The maximum absolute atomic E-state index is 12.4. The van der Waals surface area contributed by atoms with Crippen molar-refractivity contribution in [2.75, 3.05) is 18.9 Å². The van der Waals surface area contributed by atoms with Gasteiger partial charge in [0.15, 0.2) is 11.5 Å². The molecule has 0 saturated carbocycles. The molecular formula is C17H16N4O6S2. The summed E-state index contributed by atoms with van der Waals surface area (Å²) in [5.74, 6) is 1.18. The first kappa shape index (κ1) is 20.5. The van der Waals surface area contributed by atoms with Crippen molar-refractivity contribution in [1.82, 2.24) is 10.2 Å². The summed E-state index contributed by atoms with van der Waals surface area (Å²) < 4.78 is 37.7. The Morgan fingerprint density at radius 2 is 1.76 bits per heavy atom. The number of benzene rings is 2. The second kappa shape index (κ2) is 8.41. The van der Waals surface area contributed by atoms with Crippen molar-refractivity contribution in [3.05, 3.63) is 63.1 Å². The van der Waals surface area contributed by atoms with Gasteiger partial charge in [-0.05, 0) is 29.8 Å². The van der Waals surface area contributed by atoms with Crippen LogP contribution in [-0.2, 0) is 16.4 Å². The molecule has 1 heterocycles. The van der Waals surface area contributed by atoms with E-state index in [1.54, 1.807) is 19.2 Å².